The minimum Gasteiger partial charge on any atom is -0.504 e. The Bertz CT molecular complexity index is 857. The molecule has 0 aromatic heterocycles. The van der Waals surface area contributed by atoms with Gasteiger partial charge in [-0.3, -0.25) is 0 Å². The Morgan fingerprint density at radius 3 is 2.42 bits per heavy atom. The van der Waals surface area contributed by atoms with E-state index < -0.39 is 17.4 Å². The highest BCUT2D eigenvalue weighted by molar-refractivity contribution is 5.88. The molecule has 0 atom stereocenters. The van der Waals surface area contributed by atoms with E-state index in [0.29, 0.717) is 11.1 Å². The molecule has 0 saturated heterocycles. The fourth-order valence-corrected chi connectivity index (χ4v) is 3.37. The molecule has 0 radical (unpaired) electrons. The molecule has 3 nitrogen and oxygen atoms in total. The van der Waals surface area contributed by atoms with Crippen LogP contribution in [0, 0.1) is 11.6 Å². The van der Waals surface area contributed by atoms with Crippen LogP contribution >= 0.6 is 0 Å². The van der Waals surface area contributed by atoms with E-state index in [1.54, 1.807) is 6.07 Å². The molecule has 3 N–H and O–H groups in total. The summed E-state index contributed by atoms with van der Waals surface area (Å²) in [5, 5.41) is 23.2. The second kappa shape index (κ2) is 5.60. The zero-order chi connectivity index (χ0) is 17.6. The van der Waals surface area contributed by atoms with Crippen molar-refractivity contribution in [3.8, 4) is 16.9 Å². The molecule has 126 valence electrons. The molecule has 3 rings (SSSR count). The fourth-order valence-electron chi connectivity index (χ4n) is 3.37. The van der Waals surface area contributed by atoms with Crippen LogP contribution in [0.5, 0.6) is 5.75 Å². The normalized spacial score (nSPS) is 15.5. The summed E-state index contributed by atoms with van der Waals surface area (Å²) in [4.78, 5) is 0. The Labute approximate surface area is 139 Å². The SMILES string of the molecule is CC1=CC(C)(C)Nc2ccc(-c3ccc(F)c(F)c3O)c(CO)c21. The average molecular weight is 331 g/mol. The van der Waals surface area contributed by atoms with Gasteiger partial charge in [0.05, 0.1) is 12.1 Å². The molecule has 0 unspecified atom stereocenters. The van der Waals surface area contributed by atoms with Crippen molar-refractivity contribution in [3.05, 3.63) is 53.1 Å². The van der Waals surface area contributed by atoms with E-state index in [-0.39, 0.29) is 17.7 Å². The molecule has 1 aliphatic rings. The summed E-state index contributed by atoms with van der Waals surface area (Å²) in [5.41, 5.74) is 3.61. The predicted molar refractivity (Wildman–Crippen MR) is 90.7 cm³/mol. The Morgan fingerprint density at radius 2 is 1.75 bits per heavy atom. The maximum atomic E-state index is 13.7. The van der Waals surface area contributed by atoms with Crippen LogP contribution in [0.3, 0.4) is 0 Å². The van der Waals surface area contributed by atoms with Gasteiger partial charge in [-0.25, -0.2) is 4.39 Å². The lowest BCUT2D eigenvalue weighted by molar-refractivity contribution is 0.282. The number of phenols is 1. The van der Waals surface area contributed by atoms with Crippen molar-refractivity contribution in [3.63, 3.8) is 0 Å². The van der Waals surface area contributed by atoms with Crippen molar-refractivity contribution in [1.29, 1.82) is 0 Å². The molecule has 2 aromatic rings. The molecule has 0 fully saturated rings. The van der Waals surface area contributed by atoms with E-state index in [1.807, 2.05) is 32.9 Å². The van der Waals surface area contributed by atoms with Gasteiger partial charge in [0.25, 0.3) is 0 Å². The fraction of sp³-hybridized carbons (Fsp3) is 0.263. The number of hydrogen-bond donors (Lipinski definition) is 3. The monoisotopic (exact) mass is 331 g/mol. The zero-order valence-corrected chi connectivity index (χ0v) is 13.7. The minimum atomic E-state index is -1.29. The van der Waals surface area contributed by atoms with E-state index in [2.05, 4.69) is 5.32 Å². The van der Waals surface area contributed by atoms with Gasteiger partial charge < -0.3 is 15.5 Å². The highest BCUT2D eigenvalue weighted by Crippen LogP contribution is 2.42. The number of benzene rings is 2. The highest BCUT2D eigenvalue weighted by atomic mass is 19.2. The number of nitrogens with one attached hydrogen (secondary N) is 1. The topological polar surface area (TPSA) is 52.5 Å². The van der Waals surface area contributed by atoms with Gasteiger partial charge in [0.1, 0.15) is 0 Å². The van der Waals surface area contributed by atoms with Crippen LogP contribution in [0.1, 0.15) is 31.9 Å². The van der Waals surface area contributed by atoms with Crippen LogP contribution in [0.15, 0.2) is 30.3 Å². The van der Waals surface area contributed by atoms with Gasteiger partial charge in [-0.15, -0.1) is 0 Å². The summed E-state index contributed by atoms with van der Waals surface area (Å²) in [6, 6.07) is 5.80. The Kier molecular flexibility index (Phi) is 3.84. The zero-order valence-electron chi connectivity index (χ0n) is 13.7. The predicted octanol–water partition coefficient (Wildman–Crippen LogP) is 4.44. The van der Waals surface area contributed by atoms with Gasteiger partial charge >= 0.3 is 0 Å². The smallest absolute Gasteiger partial charge is 0.200 e. The first kappa shape index (κ1) is 16.5. The summed E-state index contributed by atoms with van der Waals surface area (Å²) in [6.07, 6.45) is 2.05. The van der Waals surface area contributed by atoms with Gasteiger partial charge in [0.2, 0.25) is 5.82 Å². The van der Waals surface area contributed by atoms with Crippen LogP contribution in [-0.4, -0.2) is 15.8 Å². The number of phenolic OH excluding ortho intramolecular Hbond substituents is 1. The summed E-state index contributed by atoms with van der Waals surface area (Å²) in [5.74, 6) is -3.16. The molecule has 2 aromatic carbocycles. The van der Waals surface area contributed by atoms with E-state index in [1.165, 1.54) is 6.07 Å². The van der Waals surface area contributed by atoms with Crippen LogP contribution < -0.4 is 5.32 Å². The van der Waals surface area contributed by atoms with Gasteiger partial charge in [-0.2, -0.15) is 4.39 Å². The lowest BCUT2D eigenvalue weighted by Gasteiger charge is -2.33. The van der Waals surface area contributed by atoms with Gasteiger partial charge in [-0.1, -0.05) is 12.1 Å². The van der Waals surface area contributed by atoms with Crippen LogP contribution in [-0.2, 0) is 6.61 Å². The summed E-state index contributed by atoms with van der Waals surface area (Å²) in [7, 11) is 0. The molecular formula is C19H19F2NO2. The number of fused-ring (bicyclic) bond motifs is 1. The maximum absolute atomic E-state index is 13.7. The Morgan fingerprint density at radius 1 is 1.08 bits per heavy atom. The second-order valence-electron chi connectivity index (χ2n) is 6.60. The largest absolute Gasteiger partial charge is 0.504 e. The first-order valence-electron chi connectivity index (χ1n) is 7.67. The summed E-state index contributed by atoms with van der Waals surface area (Å²) < 4.78 is 27.0. The molecule has 24 heavy (non-hydrogen) atoms. The Hall–Kier alpha value is -2.40. The Balaban J connectivity index is 2.27. The quantitative estimate of drug-likeness (QED) is 0.763. The number of anilines is 1. The molecule has 0 amide bonds. The van der Waals surface area contributed by atoms with Crippen LogP contribution in [0.2, 0.25) is 0 Å². The number of aliphatic hydroxyl groups is 1. The van der Waals surface area contributed by atoms with Crippen molar-refractivity contribution in [2.24, 2.45) is 0 Å². The van der Waals surface area contributed by atoms with E-state index in [9.17, 15) is 19.0 Å². The average Bonchev–Trinajstić information content (AvgIpc) is 2.51. The third-order valence-corrected chi connectivity index (χ3v) is 4.26. The molecule has 0 saturated carbocycles. The number of hydrogen-bond acceptors (Lipinski definition) is 3. The lowest BCUT2D eigenvalue weighted by atomic mass is 9.85. The molecule has 0 aliphatic carbocycles. The van der Waals surface area contributed by atoms with Crippen molar-refractivity contribution in [2.75, 3.05) is 5.32 Å². The van der Waals surface area contributed by atoms with E-state index in [4.69, 9.17) is 0 Å². The molecule has 5 heteroatoms. The van der Waals surface area contributed by atoms with E-state index >= 15 is 0 Å². The minimum absolute atomic E-state index is 0.151. The first-order chi connectivity index (χ1) is 11.2. The number of allylic oxidation sites excluding steroid dienone is 1. The lowest BCUT2D eigenvalue weighted by Crippen LogP contribution is -2.31. The summed E-state index contributed by atoms with van der Waals surface area (Å²) >= 11 is 0. The van der Waals surface area contributed by atoms with Crippen molar-refractivity contribution in [2.45, 2.75) is 32.9 Å². The number of aromatic hydroxyl groups is 1. The van der Waals surface area contributed by atoms with Gasteiger partial charge in [0, 0.05) is 16.8 Å². The third-order valence-electron chi connectivity index (χ3n) is 4.26. The maximum Gasteiger partial charge on any atom is 0.200 e. The first-order valence-corrected chi connectivity index (χ1v) is 7.67. The van der Waals surface area contributed by atoms with E-state index in [0.717, 1.165) is 22.9 Å². The standard InChI is InChI=1S/C19H19F2NO2/c1-10-8-19(2,3)22-15-7-5-11(13(9-23)16(10)15)12-4-6-14(20)17(21)18(12)24/h4-8,22-24H,9H2,1-3H3. The summed E-state index contributed by atoms with van der Waals surface area (Å²) in [6.45, 7) is 5.72. The van der Waals surface area contributed by atoms with Crippen molar-refractivity contribution in [1.82, 2.24) is 0 Å². The third kappa shape index (κ3) is 2.55. The van der Waals surface area contributed by atoms with Crippen molar-refractivity contribution >= 4 is 11.3 Å². The molecule has 0 spiro atoms. The molecule has 1 heterocycles. The molecule has 1 aliphatic heterocycles. The van der Waals surface area contributed by atoms with Crippen molar-refractivity contribution < 1.29 is 19.0 Å². The second-order valence-corrected chi connectivity index (χ2v) is 6.60. The van der Waals surface area contributed by atoms with Gasteiger partial charge in [-0.05, 0) is 55.7 Å². The van der Waals surface area contributed by atoms with Gasteiger partial charge in [0.15, 0.2) is 11.6 Å². The molecular weight excluding hydrogens is 312 g/mol. The van der Waals surface area contributed by atoms with Crippen LogP contribution in [0.4, 0.5) is 14.5 Å². The number of halogens is 2. The number of aliphatic hydroxyl groups excluding tert-OH is 1. The van der Waals surface area contributed by atoms with Crippen LogP contribution in [0.25, 0.3) is 16.7 Å². The molecule has 0 bridgehead atoms. The number of rotatable bonds is 2. The highest BCUT2D eigenvalue weighted by Gasteiger charge is 2.26.